The molecule has 0 atom stereocenters. The molecule has 2 aromatic carbocycles. The molecule has 3 heterocycles. The number of carbonyl (C=O) groups excluding carboxylic acids is 2. The van der Waals surface area contributed by atoms with E-state index in [0.29, 0.717) is 18.8 Å². The number of amides is 3. The number of para-hydroxylation sites is 1. The number of rotatable bonds is 2. The predicted octanol–water partition coefficient (Wildman–Crippen LogP) is 5.52. The van der Waals surface area contributed by atoms with Crippen molar-refractivity contribution in [1.29, 1.82) is 0 Å². The van der Waals surface area contributed by atoms with Crippen LogP contribution < -0.4 is 5.32 Å². The van der Waals surface area contributed by atoms with Crippen LogP contribution in [-0.2, 0) is 0 Å². The molecule has 33 heavy (non-hydrogen) atoms. The van der Waals surface area contributed by atoms with Crippen LogP contribution in [0.2, 0.25) is 0 Å². The lowest BCUT2D eigenvalue weighted by atomic mass is 9.78. The molecule has 0 saturated carbocycles. The molecule has 0 aliphatic carbocycles. The molecule has 3 aromatic rings. The van der Waals surface area contributed by atoms with E-state index >= 15 is 0 Å². The maximum atomic E-state index is 13.3. The monoisotopic (exact) mass is 445 g/mol. The van der Waals surface area contributed by atoms with Gasteiger partial charge >= 0.3 is 6.03 Å². The minimum absolute atomic E-state index is 0.0180. The maximum Gasteiger partial charge on any atom is 0.321 e. The molecule has 2 aliphatic rings. The van der Waals surface area contributed by atoms with Crippen molar-refractivity contribution in [1.82, 2.24) is 9.80 Å². The highest BCUT2D eigenvalue weighted by molar-refractivity contribution is 5.99. The van der Waals surface area contributed by atoms with Gasteiger partial charge in [0.15, 0.2) is 5.76 Å². The fourth-order valence-corrected chi connectivity index (χ4v) is 5.37. The van der Waals surface area contributed by atoms with Crippen LogP contribution in [-0.4, -0.2) is 47.9 Å². The van der Waals surface area contributed by atoms with Gasteiger partial charge in [-0.3, -0.25) is 4.79 Å². The zero-order valence-corrected chi connectivity index (χ0v) is 19.6. The smallest absolute Gasteiger partial charge is 0.321 e. The standard InChI is InChI=1S/C27H31N3O3/c1-18-8-9-22(19(2)16-18)28-26(32)29-13-10-27(11-14-29)12-15-30(17-27)25(31)24-20(3)21-6-4-5-7-23(21)33-24/h4-9,16H,10-15,17H2,1-3H3,(H,28,32). The summed E-state index contributed by atoms with van der Waals surface area (Å²) >= 11 is 0. The Morgan fingerprint density at radius 1 is 0.939 bits per heavy atom. The Kier molecular flexibility index (Phi) is 5.39. The maximum absolute atomic E-state index is 13.3. The van der Waals surface area contributed by atoms with Gasteiger partial charge < -0.3 is 19.5 Å². The van der Waals surface area contributed by atoms with Crippen molar-refractivity contribution in [2.24, 2.45) is 5.41 Å². The van der Waals surface area contributed by atoms with Crippen molar-refractivity contribution in [2.45, 2.75) is 40.0 Å². The number of hydrogen-bond donors (Lipinski definition) is 1. The van der Waals surface area contributed by atoms with Crippen molar-refractivity contribution in [2.75, 3.05) is 31.5 Å². The lowest BCUT2D eigenvalue weighted by Crippen LogP contribution is -2.46. The molecule has 2 saturated heterocycles. The third kappa shape index (κ3) is 3.99. The number of anilines is 1. The number of aryl methyl sites for hydroxylation is 3. The van der Waals surface area contributed by atoms with Crippen molar-refractivity contribution in [3.63, 3.8) is 0 Å². The second kappa shape index (κ2) is 8.25. The Balaban J connectivity index is 1.21. The van der Waals surface area contributed by atoms with Crippen molar-refractivity contribution in [3.8, 4) is 0 Å². The first-order valence-corrected chi connectivity index (χ1v) is 11.8. The molecule has 5 rings (SSSR count). The van der Waals surface area contributed by atoms with Gasteiger partial charge in [-0.05, 0) is 63.1 Å². The summed E-state index contributed by atoms with van der Waals surface area (Å²) in [6.07, 6.45) is 2.80. The first kappa shape index (κ1) is 21.6. The van der Waals surface area contributed by atoms with E-state index in [-0.39, 0.29) is 17.4 Å². The van der Waals surface area contributed by atoms with E-state index in [1.165, 1.54) is 5.56 Å². The molecule has 0 unspecified atom stereocenters. The number of piperidine rings is 1. The summed E-state index contributed by atoms with van der Waals surface area (Å²) in [7, 11) is 0. The van der Waals surface area contributed by atoms with Gasteiger partial charge in [0.1, 0.15) is 5.58 Å². The molecular formula is C27H31N3O3. The molecule has 1 spiro atoms. The van der Waals surface area contributed by atoms with Crippen LogP contribution in [0.3, 0.4) is 0 Å². The first-order valence-electron chi connectivity index (χ1n) is 11.8. The second-order valence-electron chi connectivity index (χ2n) is 9.76. The lowest BCUT2D eigenvalue weighted by molar-refractivity contribution is 0.0711. The SMILES string of the molecule is Cc1ccc(NC(=O)N2CCC3(CC2)CCN(C(=O)c2oc4ccccc4c2C)C3)c(C)c1. The summed E-state index contributed by atoms with van der Waals surface area (Å²) in [5, 5.41) is 4.06. The van der Waals surface area contributed by atoms with Gasteiger partial charge in [0.2, 0.25) is 0 Å². The van der Waals surface area contributed by atoms with Gasteiger partial charge in [-0.2, -0.15) is 0 Å². The van der Waals surface area contributed by atoms with Crippen molar-refractivity contribution in [3.05, 3.63) is 64.9 Å². The Morgan fingerprint density at radius 2 is 1.64 bits per heavy atom. The van der Waals surface area contributed by atoms with Crippen LogP contribution in [0.1, 0.15) is 46.5 Å². The number of furan rings is 1. The van der Waals surface area contributed by atoms with Gasteiger partial charge in [0, 0.05) is 42.8 Å². The summed E-state index contributed by atoms with van der Waals surface area (Å²) in [5.41, 5.74) is 4.88. The van der Waals surface area contributed by atoms with Gasteiger partial charge in [-0.1, -0.05) is 35.9 Å². The number of likely N-dealkylation sites (tertiary alicyclic amines) is 2. The number of urea groups is 1. The molecule has 0 bridgehead atoms. The van der Waals surface area contributed by atoms with Gasteiger partial charge in [-0.25, -0.2) is 4.79 Å². The highest BCUT2D eigenvalue weighted by Crippen LogP contribution is 2.41. The molecule has 6 nitrogen and oxygen atoms in total. The van der Waals surface area contributed by atoms with Crippen LogP contribution in [0.5, 0.6) is 0 Å². The van der Waals surface area contributed by atoms with E-state index in [2.05, 4.69) is 11.4 Å². The second-order valence-corrected chi connectivity index (χ2v) is 9.76. The highest BCUT2D eigenvalue weighted by atomic mass is 16.3. The average molecular weight is 446 g/mol. The van der Waals surface area contributed by atoms with E-state index in [1.807, 2.05) is 67.0 Å². The quantitative estimate of drug-likeness (QED) is 0.565. The fourth-order valence-electron chi connectivity index (χ4n) is 5.37. The van der Waals surface area contributed by atoms with Crippen LogP contribution in [0.15, 0.2) is 46.9 Å². The minimum Gasteiger partial charge on any atom is -0.451 e. The summed E-state index contributed by atoms with van der Waals surface area (Å²) in [5.74, 6) is 0.439. The summed E-state index contributed by atoms with van der Waals surface area (Å²) in [4.78, 5) is 29.9. The highest BCUT2D eigenvalue weighted by Gasteiger charge is 2.43. The molecule has 2 fully saturated rings. The fraction of sp³-hybridized carbons (Fsp3) is 0.407. The average Bonchev–Trinajstić information content (AvgIpc) is 3.37. The largest absolute Gasteiger partial charge is 0.451 e. The normalized spacial score (nSPS) is 17.7. The zero-order valence-electron chi connectivity index (χ0n) is 19.6. The van der Waals surface area contributed by atoms with Crippen LogP contribution in [0.25, 0.3) is 11.0 Å². The lowest BCUT2D eigenvalue weighted by Gasteiger charge is -2.39. The van der Waals surface area contributed by atoms with E-state index in [4.69, 9.17) is 4.42 Å². The van der Waals surface area contributed by atoms with E-state index in [9.17, 15) is 9.59 Å². The molecule has 172 valence electrons. The number of hydrogen-bond acceptors (Lipinski definition) is 3. The Hall–Kier alpha value is -3.28. The zero-order chi connectivity index (χ0) is 23.2. The molecule has 1 aromatic heterocycles. The van der Waals surface area contributed by atoms with E-state index in [1.54, 1.807) is 0 Å². The summed E-state index contributed by atoms with van der Waals surface area (Å²) in [6, 6.07) is 13.8. The number of nitrogens with zero attached hydrogens (tertiary/aromatic N) is 2. The minimum atomic E-state index is -0.0411. The topological polar surface area (TPSA) is 65.8 Å². The summed E-state index contributed by atoms with van der Waals surface area (Å²) in [6.45, 7) is 8.91. The number of benzene rings is 2. The van der Waals surface area contributed by atoms with Crippen molar-refractivity contribution < 1.29 is 14.0 Å². The van der Waals surface area contributed by atoms with Crippen LogP contribution in [0.4, 0.5) is 10.5 Å². The third-order valence-corrected chi connectivity index (χ3v) is 7.50. The van der Waals surface area contributed by atoms with Gasteiger partial charge in [0.25, 0.3) is 5.91 Å². The first-order chi connectivity index (χ1) is 15.8. The number of carbonyl (C=O) groups is 2. The molecule has 6 heteroatoms. The van der Waals surface area contributed by atoms with Gasteiger partial charge in [-0.15, -0.1) is 0 Å². The van der Waals surface area contributed by atoms with Crippen LogP contribution in [0, 0.1) is 26.2 Å². The molecule has 3 amide bonds. The predicted molar refractivity (Wildman–Crippen MR) is 130 cm³/mol. The van der Waals surface area contributed by atoms with Gasteiger partial charge in [0.05, 0.1) is 0 Å². The van der Waals surface area contributed by atoms with Crippen LogP contribution >= 0.6 is 0 Å². The molecule has 2 aliphatic heterocycles. The Morgan fingerprint density at radius 3 is 2.33 bits per heavy atom. The summed E-state index contributed by atoms with van der Waals surface area (Å²) < 4.78 is 5.92. The molecule has 1 N–H and O–H groups in total. The Bertz CT molecular complexity index is 1220. The Labute approximate surface area is 194 Å². The molecular weight excluding hydrogens is 414 g/mol. The molecule has 0 radical (unpaired) electrons. The third-order valence-electron chi connectivity index (χ3n) is 7.50. The number of nitrogens with one attached hydrogen (secondary N) is 1. The van der Waals surface area contributed by atoms with Crippen molar-refractivity contribution >= 4 is 28.6 Å². The number of fused-ring (bicyclic) bond motifs is 1. The van der Waals surface area contributed by atoms with E-state index < -0.39 is 0 Å². The van der Waals surface area contributed by atoms with E-state index in [0.717, 1.165) is 60.1 Å².